The average molecular weight is 395 g/mol. The Balaban J connectivity index is 0.00000243. The van der Waals surface area contributed by atoms with Gasteiger partial charge in [-0.3, -0.25) is 9.69 Å². The van der Waals surface area contributed by atoms with Gasteiger partial charge in [0.25, 0.3) is 0 Å². The molecular formula is C16H15ClF4N2O3. The second kappa shape index (κ2) is 7.63. The zero-order valence-corrected chi connectivity index (χ0v) is 14.1. The van der Waals surface area contributed by atoms with Gasteiger partial charge in [0.1, 0.15) is 11.5 Å². The van der Waals surface area contributed by atoms with Crippen LogP contribution in [0.4, 0.5) is 17.6 Å². The van der Waals surface area contributed by atoms with Gasteiger partial charge in [0.15, 0.2) is 5.76 Å². The van der Waals surface area contributed by atoms with Gasteiger partial charge < -0.3 is 9.63 Å². The third-order valence-electron chi connectivity index (χ3n) is 4.21. The Morgan fingerprint density at radius 1 is 1.27 bits per heavy atom. The second-order valence-electron chi connectivity index (χ2n) is 5.97. The fourth-order valence-electron chi connectivity index (χ4n) is 2.96. The van der Waals surface area contributed by atoms with E-state index in [-0.39, 0.29) is 25.5 Å². The number of hydrogen-bond acceptors (Lipinski definition) is 4. The van der Waals surface area contributed by atoms with Crippen molar-refractivity contribution in [3.05, 3.63) is 41.9 Å². The molecular weight excluding hydrogens is 380 g/mol. The van der Waals surface area contributed by atoms with Crippen LogP contribution in [0, 0.1) is 17.7 Å². The van der Waals surface area contributed by atoms with E-state index in [4.69, 9.17) is 9.63 Å². The molecule has 2 heterocycles. The molecule has 3 rings (SSSR count). The normalized spacial score (nSPS) is 20.8. The standard InChI is InChI=1S/C16H14F4N2O3.ClH/c17-10-3-1-9(2-4-10)14-5-11(25-21-14)6-22-7-12(15(23)24)13(8-22)16(18,19)20;/h1-5,12-13H,6-8H2,(H,23,24);1H/t12-,13-;/m1./s1. The van der Waals surface area contributed by atoms with Crippen molar-refractivity contribution in [2.24, 2.45) is 11.8 Å². The first-order valence-corrected chi connectivity index (χ1v) is 7.47. The molecule has 0 unspecified atom stereocenters. The zero-order chi connectivity index (χ0) is 18.2. The average Bonchev–Trinajstić information content (AvgIpc) is 3.15. The summed E-state index contributed by atoms with van der Waals surface area (Å²) in [7, 11) is 0. The van der Waals surface area contributed by atoms with Crippen molar-refractivity contribution in [1.29, 1.82) is 0 Å². The highest BCUT2D eigenvalue weighted by atomic mass is 35.5. The maximum absolute atomic E-state index is 13.0. The van der Waals surface area contributed by atoms with Crippen LogP contribution in [0.5, 0.6) is 0 Å². The molecule has 0 spiro atoms. The Hall–Kier alpha value is -2.13. The lowest BCUT2D eigenvalue weighted by atomic mass is 9.96. The first-order chi connectivity index (χ1) is 11.7. The van der Waals surface area contributed by atoms with Crippen LogP contribution >= 0.6 is 12.4 Å². The van der Waals surface area contributed by atoms with E-state index in [9.17, 15) is 22.4 Å². The summed E-state index contributed by atoms with van der Waals surface area (Å²) in [5, 5.41) is 12.8. The predicted molar refractivity (Wildman–Crippen MR) is 85.1 cm³/mol. The topological polar surface area (TPSA) is 66.6 Å². The third-order valence-corrected chi connectivity index (χ3v) is 4.21. The van der Waals surface area contributed by atoms with Gasteiger partial charge in [-0.2, -0.15) is 13.2 Å². The van der Waals surface area contributed by atoms with E-state index in [1.807, 2.05) is 0 Å². The third kappa shape index (κ3) is 4.34. The molecule has 0 bridgehead atoms. The first kappa shape index (κ1) is 20.2. The highest BCUT2D eigenvalue weighted by Crippen LogP contribution is 2.38. The Morgan fingerprint density at radius 2 is 1.92 bits per heavy atom. The van der Waals surface area contributed by atoms with Crippen molar-refractivity contribution in [2.45, 2.75) is 12.7 Å². The number of likely N-dealkylation sites (tertiary alicyclic amines) is 1. The van der Waals surface area contributed by atoms with Gasteiger partial charge in [0, 0.05) is 24.7 Å². The van der Waals surface area contributed by atoms with Gasteiger partial charge in [0.2, 0.25) is 0 Å². The van der Waals surface area contributed by atoms with E-state index in [0.29, 0.717) is 17.0 Å². The van der Waals surface area contributed by atoms with E-state index in [2.05, 4.69) is 5.16 Å². The molecule has 0 amide bonds. The number of hydrogen-bond donors (Lipinski definition) is 1. The smallest absolute Gasteiger partial charge is 0.393 e. The van der Waals surface area contributed by atoms with Crippen molar-refractivity contribution in [3.63, 3.8) is 0 Å². The molecule has 1 aliphatic heterocycles. The van der Waals surface area contributed by atoms with Crippen molar-refractivity contribution in [1.82, 2.24) is 10.1 Å². The monoisotopic (exact) mass is 394 g/mol. The van der Waals surface area contributed by atoms with Crippen LogP contribution in [0.15, 0.2) is 34.9 Å². The molecule has 1 aromatic carbocycles. The Kier molecular flexibility index (Phi) is 5.92. The van der Waals surface area contributed by atoms with Crippen LogP contribution in [0.25, 0.3) is 11.3 Å². The van der Waals surface area contributed by atoms with E-state index >= 15 is 0 Å². The zero-order valence-electron chi connectivity index (χ0n) is 13.2. The van der Waals surface area contributed by atoms with Crippen molar-refractivity contribution in [3.8, 4) is 11.3 Å². The lowest BCUT2D eigenvalue weighted by Crippen LogP contribution is -2.33. The maximum Gasteiger partial charge on any atom is 0.393 e. The molecule has 142 valence electrons. The molecule has 2 atom stereocenters. The summed E-state index contributed by atoms with van der Waals surface area (Å²) in [6, 6.07) is 7.08. The molecule has 2 aromatic rings. The summed E-state index contributed by atoms with van der Waals surface area (Å²) >= 11 is 0. The fraction of sp³-hybridized carbons (Fsp3) is 0.375. The first-order valence-electron chi connectivity index (χ1n) is 7.47. The molecule has 0 radical (unpaired) electrons. The largest absolute Gasteiger partial charge is 0.481 e. The fourth-order valence-corrected chi connectivity index (χ4v) is 2.96. The number of alkyl halides is 3. The number of carbonyl (C=O) groups is 1. The van der Waals surface area contributed by atoms with Gasteiger partial charge in [-0.25, -0.2) is 4.39 Å². The molecule has 1 aliphatic rings. The number of rotatable bonds is 4. The van der Waals surface area contributed by atoms with Crippen LogP contribution < -0.4 is 0 Å². The molecule has 5 nitrogen and oxygen atoms in total. The van der Waals surface area contributed by atoms with Crippen LogP contribution in [0.3, 0.4) is 0 Å². The summed E-state index contributed by atoms with van der Waals surface area (Å²) in [5.74, 6) is -4.97. The van der Waals surface area contributed by atoms with Gasteiger partial charge in [-0.15, -0.1) is 12.4 Å². The molecule has 1 aromatic heterocycles. The number of carboxylic acids is 1. The molecule has 1 saturated heterocycles. The van der Waals surface area contributed by atoms with E-state index in [1.54, 1.807) is 6.07 Å². The number of halogens is 5. The highest BCUT2D eigenvalue weighted by Gasteiger charge is 2.52. The van der Waals surface area contributed by atoms with E-state index < -0.39 is 36.3 Å². The van der Waals surface area contributed by atoms with Crippen molar-refractivity contribution >= 4 is 18.4 Å². The minimum absolute atomic E-state index is 0. The van der Waals surface area contributed by atoms with E-state index in [0.717, 1.165) is 0 Å². The lowest BCUT2D eigenvalue weighted by molar-refractivity contribution is -0.188. The van der Waals surface area contributed by atoms with Gasteiger partial charge >= 0.3 is 12.1 Å². The predicted octanol–water partition coefficient (Wildman–Crippen LogP) is 3.60. The summed E-state index contributed by atoms with van der Waals surface area (Å²) in [6.45, 7) is -0.607. The second-order valence-corrected chi connectivity index (χ2v) is 5.97. The summed E-state index contributed by atoms with van der Waals surface area (Å²) in [6.07, 6.45) is -4.57. The van der Waals surface area contributed by atoms with Crippen LogP contribution in [0.2, 0.25) is 0 Å². The number of benzene rings is 1. The molecule has 10 heteroatoms. The minimum Gasteiger partial charge on any atom is -0.481 e. The van der Waals surface area contributed by atoms with Crippen LogP contribution in [0.1, 0.15) is 5.76 Å². The molecule has 26 heavy (non-hydrogen) atoms. The molecule has 1 fully saturated rings. The highest BCUT2D eigenvalue weighted by molar-refractivity contribution is 5.85. The maximum atomic E-state index is 13.0. The minimum atomic E-state index is -4.57. The van der Waals surface area contributed by atoms with Crippen LogP contribution in [-0.4, -0.2) is 40.4 Å². The molecule has 0 aliphatic carbocycles. The Bertz CT molecular complexity index is 764. The van der Waals surface area contributed by atoms with Crippen molar-refractivity contribution in [2.75, 3.05) is 13.1 Å². The molecule has 0 saturated carbocycles. The van der Waals surface area contributed by atoms with Gasteiger partial charge in [-0.05, 0) is 24.3 Å². The Labute approximate surface area is 152 Å². The summed E-state index contributed by atoms with van der Waals surface area (Å²) in [5.41, 5.74) is 1.03. The lowest BCUT2D eigenvalue weighted by Gasteiger charge is -2.18. The van der Waals surface area contributed by atoms with Gasteiger partial charge in [0.05, 0.1) is 18.4 Å². The number of carboxylic acid groups (broad SMARTS) is 1. The summed E-state index contributed by atoms with van der Waals surface area (Å²) in [4.78, 5) is 12.5. The van der Waals surface area contributed by atoms with Crippen LogP contribution in [-0.2, 0) is 11.3 Å². The van der Waals surface area contributed by atoms with E-state index in [1.165, 1.54) is 29.2 Å². The quantitative estimate of drug-likeness (QED) is 0.803. The number of aliphatic carboxylic acids is 1. The number of nitrogens with zero attached hydrogens (tertiary/aromatic N) is 2. The van der Waals surface area contributed by atoms with Crippen molar-refractivity contribution < 1.29 is 32.0 Å². The number of aromatic nitrogens is 1. The SMILES string of the molecule is Cl.O=C(O)[C@@H]1CN(Cc2cc(-c3ccc(F)cc3)no2)C[C@H]1C(F)(F)F. The Morgan fingerprint density at radius 3 is 2.46 bits per heavy atom. The van der Waals surface area contributed by atoms with Gasteiger partial charge in [-0.1, -0.05) is 5.16 Å². The molecule has 1 N–H and O–H groups in total. The summed E-state index contributed by atoms with van der Waals surface area (Å²) < 4.78 is 57.0.